The zero-order valence-corrected chi connectivity index (χ0v) is 17.9. The number of para-hydroxylation sites is 1. The van der Waals surface area contributed by atoms with Crippen molar-refractivity contribution < 1.29 is 9.59 Å². The summed E-state index contributed by atoms with van der Waals surface area (Å²) in [4.78, 5) is 27.0. The standard InChI is InChI=1S/C25H24ClN3O2/c26-20-10-14-21(15-11-20)27-24(30)17-18-8-12-22(13-9-18)28-25(31)29-16-4-3-6-19-5-1-2-7-23(19)29/h1-2,5,7-15H,3-4,6,16-17H2,(H,27,30)(H,28,31). The van der Waals surface area contributed by atoms with Crippen LogP contribution in [0.4, 0.5) is 21.9 Å². The number of anilines is 3. The lowest BCUT2D eigenvalue weighted by Crippen LogP contribution is -2.35. The third-order valence-corrected chi connectivity index (χ3v) is 5.56. The summed E-state index contributed by atoms with van der Waals surface area (Å²) in [6, 6.07) is 22.3. The van der Waals surface area contributed by atoms with Crippen molar-refractivity contribution in [3.05, 3.63) is 88.9 Å². The maximum atomic E-state index is 12.9. The molecule has 3 aromatic rings. The molecule has 2 N–H and O–H groups in total. The number of benzene rings is 3. The Labute approximate surface area is 187 Å². The van der Waals surface area contributed by atoms with Crippen molar-refractivity contribution in [2.24, 2.45) is 0 Å². The molecule has 6 heteroatoms. The van der Waals surface area contributed by atoms with E-state index in [1.54, 1.807) is 24.3 Å². The van der Waals surface area contributed by atoms with Gasteiger partial charge in [-0.3, -0.25) is 9.69 Å². The molecule has 0 fully saturated rings. The highest BCUT2D eigenvalue weighted by atomic mass is 35.5. The Kier molecular flexibility index (Phi) is 6.53. The van der Waals surface area contributed by atoms with Gasteiger partial charge in [-0.25, -0.2) is 4.79 Å². The number of urea groups is 1. The molecule has 3 aromatic carbocycles. The minimum absolute atomic E-state index is 0.111. The fraction of sp³-hybridized carbons (Fsp3) is 0.200. The van der Waals surface area contributed by atoms with Gasteiger partial charge in [0.25, 0.3) is 0 Å². The van der Waals surface area contributed by atoms with Crippen molar-refractivity contribution in [2.75, 3.05) is 22.1 Å². The molecule has 4 rings (SSSR count). The maximum Gasteiger partial charge on any atom is 0.326 e. The second-order valence-electron chi connectivity index (χ2n) is 7.60. The number of halogens is 1. The van der Waals surface area contributed by atoms with Gasteiger partial charge in [0.15, 0.2) is 0 Å². The van der Waals surface area contributed by atoms with Crippen molar-refractivity contribution in [3.63, 3.8) is 0 Å². The minimum atomic E-state index is -0.136. The van der Waals surface area contributed by atoms with Gasteiger partial charge < -0.3 is 10.6 Å². The topological polar surface area (TPSA) is 61.4 Å². The highest BCUT2D eigenvalue weighted by molar-refractivity contribution is 6.30. The molecule has 1 aliphatic heterocycles. The molecule has 0 unspecified atom stereocenters. The molecule has 0 saturated heterocycles. The van der Waals surface area contributed by atoms with E-state index in [0.29, 0.717) is 22.9 Å². The number of hydrogen-bond donors (Lipinski definition) is 2. The quantitative estimate of drug-likeness (QED) is 0.538. The van der Waals surface area contributed by atoms with Crippen molar-refractivity contribution >= 4 is 40.6 Å². The van der Waals surface area contributed by atoms with E-state index < -0.39 is 0 Å². The van der Waals surface area contributed by atoms with Gasteiger partial charge in [0.1, 0.15) is 0 Å². The van der Waals surface area contributed by atoms with E-state index in [4.69, 9.17) is 11.6 Å². The van der Waals surface area contributed by atoms with Crippen LogP contribution in [0, 0.1) is 0 Å². The molecular weight excluding hydrogens is 410 g/mol. The van der Waals surface area contributed by atoms with Crippen LogP contribution in [0.1, 0.15) is 24.0 Å². The fourth-order valence-corrected chi connectivity index (χ4v) is 3.85. The second-order valence-corrected chi connectivity index (χ2v) is 8.03. The van der Waals surface area contributed by atoms with Crippen LogP contribution < -0.4 is 15.5 Å². The number of amides is 3. The molecule has 0 atom stereocenters. The van der Waals surface area contributed by atoms with Gasteiger partial charge in [-0.05, 0) is 72.9 Å². The van der Waals surface area contributed by atoms with Crippen LogP contribution in [-0.4, -0.2) is 18.5 Å². The Hall–Kier alpha value is -3.31. The first-order chi connectivity index (χ1) is 15.1. The van der Waals surface area contributed by atoms with E-state index in [-0.39, 0.29) is 18.4 Å². The van der Waals surface area contributed by atoms with Gasteiger partial charge in [0, 0.05) is 28.6 Å². The summed E-state index contributed by atoms with van der Waals surface area (Å²) in [6.07, 6.45) is 3.29. The highest BCUT2D eigenvalue weighted by Gasteiger charge is 2.20. The number of rotatable bonds is 4. The van der Waals surface area contributed by atoms with Gasteiger partial charge in [-0.1, -0.05) is 41.9 Å². The lowest BCUT2D eigenvalue weighted by atomic mass is 10.1. The summed E-state index contributed by atoms with van der Waals surface area (Å²) in [5.74, 6) is -0.111. The van der Waals surface area contributed by atoms with Gasteiger partial charge in [0.05, 0.1) is 6.42 Å². The Morgan fingerprint density at radius 3 is 2.29 bits per heavy atom. The molecule has 31 heavy (non-hydrogen) atoms. The smallest absolute Gasteiger partial charge is 0.326 e. The summed E-state index contributed by atoms with van der Waals surface area (Å²) in [6.45, 7) is 0.700. The number of nitrogens with one attached hydrogen (secondary N) is 2. The molecular formula is C25H24ClN3O2. The molecule has 3 amide bonds. The summed E-state index contributed by atoms with van der Waals surface area (Å²) in [5, 5.41) is 6.45. The van der Waals surface area contributed by atoms with Gasteiger partial charge in [0.2, 0.25) is 5.91 Å². The zero-order valence-electron chi connectivity index (χ0n) is 17.1. The zero-order chi connectivity index (χ0) is 21.6. The monoisotopic (exact) mass is 433 g/mol. The molecule has 0 radical (unpaired) electrons. The second kappa shape index (κ2) is 9.67. The molecule has 1 heterocycles. The van der Waals surface area contributed by atoms with Crippen molar-refractivity contribution in [2.45, 2.75) is 25.7 Å². The summed E-state index contributed by atoms with van der Waals surface area (Å²) >= 11 is 5.87. The first kappa shape index (κ1) is 20.9. The number of carbonyl (C=O) groups excluding carboxylic acids is 2. The SMILES string of the molecule is O=C(Cc1ccc(NC(=O)N2CCCCc3ccccc32)cc1)Nc1ccc(Cl)cc1. The lowest BCUT2D eigenvalue weighted by Gasteiger charge is -2.23. The third-order valence-electron chi connectivity index (χ3n) is 5.30. The normalized spacial score (nSPS) is 13.1. The average molecular weight is 434 g/mol. The van der Waals surface area contributed by atoms with Crippen LogP contribution >= 0.6 is 11.6 Å². The van der Waals surface area contributed by atoms with E-state index >= 15 is 0 Å². The third kappa shape index (κ3) is 5.44. The number of hydrogen-bond acceptors (Lipinski definition) is 2. The molecule has 1 aliphatic rings. The summed E-state index contributed by atoms with van der Waals surface area (Å²) in [5.41, 5.74) is 4.46. The van der Waals surface area contributed by atoms with Crippen LogP contribution in [0.3, 0.4) is 0 Å². The lowest BCUT2D eigenvalue weighted by molar-refractivity contribution is -0.115. The highest BCUT2D eigenvalue weighted by Crippen LogP contribution is 2.27. The van der Waals surface area contributed by atoms with Crippen LogP contribution in [0.5, 0.6) is 0 Å². The van der Waals surface area contributed by atoms with E-state index in [0.717, 1.165) is 30.5 Å². The predicted molar refractivity (Wildman–Crippen MR) is 126 cm³/mol. The molecule has 0 bridgehead atoms. The molecule has 158 valence electrons. The molecule has 0 aromatic heterocycles. The first-order valence-electron chi connectivity index (χ1n) is 10.4. The van der Waals surface area contributed by atoms with Crippen LogP contribution in [0.25, 0.3) is 0 Å². The van der Waals surface area contributed by atoms with E-state index in [1.165, 1.54) is 5.56 Å². The van der Waals surface area contributed by atoms with E-state index in [9.17, 15) is 9.59 Å². The molecule has 5 nitrogen and oxygen atoms in total. The Bertz CT molecular complexity index is 1060. The van der Waals surface area contributed by atoms with E-state index in [2.05, 4.69) is 16.7 Å². The molecule has 0 aliphatic carbocycles. The van der Waals surface area contributed by atoms with Gasteiger partial charge >= 0.3 is 6.03 Å². The largest absolute Gasteiger partial charge is 0.326 e. The van der Waals surface area contributed by atoms with Crippen LogP contribution in [0.2, 0.25) is 5.02 Å². The minimum Gasteiger partial charge on any atom is -0.326 e. The Morgan fingerprint density at radius 2 is 1.52 bits per heavy atom. The first-order valence-corrected chi connectivity index (χ1v) is 10.8. The van der Waals surface area contributed by atoms with Crippen molar-refractivity contribution in [3.8, 4) is 0 Å². The van der Waals surface area contributed by atoms with Crippen molar-refractivity contribution in [1.29, 1.82) is 0 Å². The van der Waals surface area contributed by atoms with Crippen LogP contribution in [-0.2, 0) is 17.6 Å². The summed E-state index contributed by atoms with van der Waals surface area (Å²) in [7, 11) is 0. The van der Waals surface area contributed by atoms with Crippen LogP contribution in [0.15, 0.2) is 72.8 Å². The number of fused-ring (bicyclic) bond motifs is 1. The van der Waals surface area contributed by atoms with E-state index in [1.807, 2.05) is 47.4 Å². The predicted octanol–water partition coefficient (Wildman–Crippen LogP) is 5.90. The Balaban J connectivity index is 1.36. The summed E-state index contributed by atoms with van der Waals surface area (Å²) < 4.78 is 0. The fourth-order valence-electron chi connectivity index (χ4n) is 3.72. The Morgan fingerprint density at radius 1 is 0.839 bits per heavy atom. The van der Waals surface area contributed by atoms with Gasteiger partial charge in [-0.2, -0.15) is 0 Å². The molecule has 0 saturated carbocycles. The number of carbonyl (C=O) groups is 2. The van der Waals surface area contributed by atoms with Crippen molar-refractivity contribution in [1.82, 2.24) is 0 Å². The average Bonchev–Trinajstić information content (AvgIpc) is 2.99. The number of aryl methyl sites for hydroxylation is 1. The number of nitrogens with zero attached hydrogens (tertiary/aromatic N) is 1. The maximum absolute atomic E-state index is 12.9. The molecule has 0 spiro atoms. The van der Waals surface area contributed by atoms with Gasteiger partial charge in [-0.15, -0.1) is 0 Å².